The average Bonchev–Trinajstić information content (AvgIpc) is 1.86. The molecule has 1 rings (SSSR count). The molecule has 1 aromatic heterocycles. The number of aromatic nitrogens is 1. The predicted molar refractivity (Wildman–Crippen MR) is 48.1 cm³/mol. The highest BCUT2D eigenvalue weighted by Crippen LogP contribution is 2.34. The fourth-order valence-electron chi connectivity index (χ4n) is 0.866. The van der Waals surface area contributed by atoms with Gasteiger partial charge in [-0.25, -0.2) is 0 Å². The summed E-state index contributed by atoms with van der Waals surface area (Å²) in [6.07, 6.45) is 1.70. The molecule has 0 aliphatic heterocycles. The molecule has 0 atom stereocenters. The van der Waals surface area contributed by atoms with Crippen LogP contribution in [0.5, 0.6) is 0 Å². The van der Waals surface area contributed by atoms with Crippen LogP contribution < -0.4 is 5.30 Å². The molecule has 11 heavy (non-hydrogen) atoms. The molecule has 0 unspecified atom stereocenters. The number of pyridine rings is 1. The third-order valence-electron chi connectivity index (χ3n) is 1.50. The van der Waals surface area contributed by atoms with Gasteiger partial charge in [-0.2, -0.15) is 0 Å². The maximum absolute atomic E-state index is 11.5. The minimum absolute atomic E-state index is 0.907. The van der Waals surface area contributed by atoms with E-state index in [0.29, 0.717) is 0 Å². The lowest BCUT2D eigenvalue weighted by atomic mass is 10.4. The molecule has 0 saturated heterocycles. The Morgan fingerprint density at radius 3 is 2.45 bits per heavy atom. The van der Waals surface area contributed by atoms with Crippen LogP contribution in [0.25, 0.3) is 0 Å². The molecule has 0 radical (unpaired) electrons. The largest absolute Gasteiger partial charge is 0.319 e. The Kier molecular flexibility index (Phi) is 2.15. The highest BCUT2D eigenvalue weighted by Gasteiger charge is 2.09. The molecule has 2 nitrogen and oxygen atoms in total. The molecule has 0 fully saturated rings. The fraction of sp³-hybridized carbons (Fsp3) is 0.375. The predicted octanol–water partition coefficient (Wildman–Crippen LogP) is 1.64. The topological polar surface area (TPSA) is 30.0 Å². The summed E-state index contributed by atoms with van der Waals surface area (Å²) >= 11 is 0. The second-order valence-electron chi connectivity index (χ2n) is 3.01. The van der Waals surface area contributed by atoms with Crippen LogP contribution >= 0.6 is 7.14 Å². The van der Waals surface area contributed by atoms with E-state index >= 15 is 0 Å². The lowest BCUT2D eigenvalue weighted by Crippen LogP contribution is -2.03. The Morgan fingerprint density at radius 2 is 2.09 bits per heavy atom. The molecule has 0 aromatic carbocycles. The number of hydrogen-bond acceptors (Lipinski definition) is 2. The second-order valence-corrected chi connectivity index (χ2v) is 6.22. The van der Waals surface area contributed by atoms with Crippen molar-refractivity contribution in [3.05, 3.63) is 24.0 Å². The molecule has 1 heterocycles. The van der Waals surface area contributed by atoms with E-state index in [0.717, 1.165) is 11.0 Å². The van der Waals surface area contributed by atoms with Crippen molar-refractivity contribution < 1.29 is 4.57 Å². The smallest absolute Gasteiger partial charge is 0.109 e. The monoisotopic (exact) mass is 169 g/mol. The Balaban J connectivity index is 3.17. The van der Waals surface area contributed by atoms with E-state index in [1.807, 2.05) is 19.1 Å². The standard InChI is InChI=1S/C8H12NOP/c1-7-6-8(4-5-9-7)11(2,3)10/h4-6H,1-3H3. The molecular weight excluding hydrogens is 157 g/mol. The van der Waals surface area contributed by atoms with Gasteiger partial charge >= 0.3 is 0 Å². The normalized spacial score (nSPS) is 11.5. The van der Waals surface area contributed by atoms with Gasteiger partial charge in [0.25, 0.3) is 0 Å². The van der Waals surface area contributed by atoms with Gasteiger partial charge in [-0.05, 0) is 32.4 Å². The van der Waals surface area contributed by atoms with Crippen LogP contribution in [-0.2, 0) is 4.57 Å². The fourth-order valence-corrected chi connectivity index (χ4v) is 1.79. The highest BCUT2D eigenvalue weighted by molar-refractivity contribution is 7.70. The van der Waals surface area contributed by atoms with Crippen molar-refractivity contribution in [3.8, 4) is 0 Å². The van der Waals surface area contributed by atoms with Crippen LogP contribution in [0.4, 0.5) is 0 Å². The molecule has 0 amide bonds. The summed E-state index contributed by atoms with van der Waals surface area (Å²) in [5.41, 5.74) is 0.923. The molecule has 0 bridgehead atoms. The minimum atomic E-state index is -2.09. The van der Waals surface area contributed by atoms with Crippen LogP contribution in [0.2, 0.25) is 0 Å². The van der Waals surface area contributed by atoms with Gasteiger partial charge in [-0.1, -0.05) is 0 Å². The lowest BCUT2D eigenvalue weighted by Gasteiger charge is -2.05. The number of aryl methyl sites for hydroxylation is 1. The van der Waals surface area contributed by atoms with Gasteiger partial charge in [0.05, 0.1) is 0 Å². The molecule has 1 aromatic rings. The summed E-state index contributed by atoms with van der Waals surface area (Å²) in [7, 11) is -2.09. The maximum Gasteiger partial charge on any atom is 0.109 e. The number of rotatable bonds is 1. The van der Waals surface area contributed by atoms with Gasteiger partial charge in [0.15, 0.2) is 0 Å². The van der Waals surface area contributed by atoms with Gasteiger partial charge in [0, 0.05) is 17.2 Å². The zero-order valence-corrected chi connectivity index (χ0v) is 7.93. The van der Waals surface area contributed by atoms with Crippen molar-refractivity contribution in [3.63, 3.8) is 0 Å². The summed E-state index contributed by atoms with van der Waals surface area (Å²) in [5, 5.41) is 0.907. The highest BCUT2D eigenvalue weighted by atomic mass is 31.2. The van der Waals surface area contributed by atoms with E-state index in [-0.39, 0.29) is 0 Å². The third kappa shape index (κ3) is 2.16. The van der Waals surface area contributed by atoms with E-state index in [1.54, 1.807) is 19.5 Å². The number of hydrogen-bond donors (Lipinski definition) is 0. The van der Waals surface area contributed by atoms with E-state index in [9.17, 15) is 4.57 Å². The summed E-state index contributed by atoms with van der Waals surface area (Å²) < 4.78 is 11.5. The first kappa shape index (κ1) is 8.48. The first-order valence-corrected chi connectivity index (χ1v) is 6.08. The van der Waals surface area contributed by atoms with Crippen LogP contribution in [-0.4, -0.2) is 18.3 Å². The molecule has 0 N–H and O–H groups in total. The van der Waals surface area contributed by atoms with Crippen LogP contribution in [0.3, 0.4) is 0 Å². The second kappa shape index (κ2) is 2.78. The van der Waals surface area contributed by atoms with Gasteiger partial charge in [-0.15, -0.1) is 0 Å². The summed E-state index contributed by atoms with van der Waals surface area (Å²) in [4.78, 5) is 4.03. The van der Waals surface area contributed by atoms with Gasteiger partial charge in [0.1, 0.15) is 7.14 Å². The van der Waals surface area contributed by atoms with E-state index in [2.05, 4.69) is 4.98 Å². The Labute approximate surface area is 67.0 Å². The van der Waals surface area contributed by atoms with Crippen molar-refractivity contribution in [2.45, 2.75) is 6.92 Å². The summed E-state index contributed by atoms with van der Waals surface area (Å²) in [5.74, 6) is 0. The third-order valence-corrected chi connectivity index (χ3v) is 3.02. The van der Waals surface area contributed by atoms with Crippen LogP contribution in [0.1, 0.15) is 5.69 Å². The van der Waals surface area contributed by atoms with E-state index in [4.69, 9.17) is 0 Å². The van der Waals surface area contributed by atoms with Crippen molar-refractivity contribution in [1.82, 2.24) is 4.98 Å². The van der Waals surface area contributed by atoms with Gasteiger partial charge in [-0.3, -0.25) is 4.98 Å². The first-order valence-electron chi connectivity index (χ1n) is 3.48. The van der Waals surface area contributed by atoms with Gasteiger partial charge < -0.3 is 4.57 Å². The zero-order valence-electron chi connectivity index (χ0n) is 7.03. The molecule has 3 heteroatoms. The SMILES string of the molecule is Cc1cc(P(C)(C)=O)ccn1. The first-order chi connectivity index (χ1) is 5.00. The molecule has 0 saturated carbocycles. The zero-order chi connectivity index (χ0) is 8.48. The molecule has 0 aliphatic rings. The minimum Gasteiger partial charge on any atom is -0.319 e. The molecule has 0 spiro atoms. The van der Waals surface area contributed by atoms with E-state index < -0.39 is 7.14 Å². The van der Waals surface area contributed by atoms with Crippen LogP contribution in [0, 0.1) is 6.92 Å². The number of nitrogens with zero attached hydrogens (tertiary/aromatic N) is 1. The van der Waals surface area contributed by atoms with Crippen molar-refractivity contribution in [2.24, 2.45) is 0 Å². The molecule has 0 aliphatic carbocycles. The maximum atomic E-state index is 11.5. The van der Waals surface area contributed by atoms with Crippen molar-refractivity contribution in [2.75, 3.05) is 13.3 Å². The lowest BCUT2D eigenvalue weighted by molar-refractivity contribution is 0.588. The van der Waals surface area contributed by atoms with Crippen molar-refractivity contribution in [1.29, 1.82) is 0 Å². The summed E-state index contributed by atoms with van der Waals surface area (Å²) in [6.45, 7) is 5.43. The van der Waals surface area contributed by atoms with Crippen LogP contribution in [0.15, 0.2) is 18.3 Å². The average molecular weight is 169 g/mol. The quantitative estimate of drug-likeness (QED) is 0.598. The van der Waals surface area contributed by atoms with Crippen molar-refractivity contribution >= 4 is 12.4 Å². The Morgan fingerprint density at radius 1 is 1.45 bits per heavy atom. The Hall–Kier alpha value is -0.620. The summed E-state index contributed by atoms with van der Waals surface area (Å²) in [6, 6.07) is 3.69. The Bertz CT molecular complexity index is 303. The molecule has 60 valence electrons. The van der Waals surface area contributed by atoms with Gasteiger partial charge in [0.2, 0.25) is 0 Å². The molecular formula is C8H12NOP. The van der Waals surface area contributed by atoms with E-state index in [1.165, 1.54) is 0 Å².